The molecule has 7 heteroatoms. The number of rotatable bonds is 4. The summed E-state index contributed by atoms with van der Waals surface area (Å²) in [6.07, 6.45) is 1.89. The predicted octanol–water partition coefficient (Wildman–Crippen LogP) is 4.07. The maximum Gasteiger partial charge on any atom is 0.249 e. The van der Waals surface area contributed by atoms with E-state index in [4.69, 9.17) is 4.52 Å². The number of anilines is 1. The standard InChI is InChI=1S/C25H26N4O3/c1-16-8-10-20(11-9-16)29-15-19(14-22(29)30)25(31)28-12-4-7-21(28)24-26-23(27-32-24)18-6-3-5-17(2)13-18/h3,5-6,8-11,13,19,21H,4,7,12,14-15H2,1-2H3/t19-,21+/m0/s1. The fraction of sp³-hybridized carbons (Fsp3) is 0.360. The molecule has 7 nitrogen and oxygen atoms in total. The number of benzene rings is 2. The van der Waals surface area contributed by atoms with Gasteiger partial charge in [-0.2, -0.15) is 4.98 Å². The van der Waals surface area contributed by atoms with Crippen LogP contribution in [0, 0.1) is 19.8 Å². The maximum atomic E-state index is 13.4. The summed E-state index contributed by atoms with van der Waals surface area (Å²) in [7, 11) is 0. The Labute approximate surface area is 187 Å². The number of nitrogens with zero attached hydrogens (tertiary/aromatic N) is 4. The monoisotopic (exact) mass is 430 g/mol. The minimum atomic E-state index is -0.358. The van der Waals surface area contributed by atoms with Gasteiger partial charge in [0, 0.05) is 30.8 Å². The summed E-state index contributed by atoms with van der Waals surface area (Å²) in [5.74, 6) is 0.619. The highest BCUT2D eigenvalue weighted by molar-refractivity contribution is 6.00. The van der Waals surface area contributed by atoms with Gasteiger partial charge in [0.2, 0.25) is 23.5 Å². The molecule has 0 saturated carbocycles. The van der Waals surface area contributed by atoms with Crippen molar-refractivity contribution in [2.24, 2.45) is 5.92 Å². The van der Waals surface area contributed by atoms with E-state index in [1.165, 1.54) is 0 Å². The summed E-state index contributed by atoms with van der Waals surface area (Å²) in [6, 6.07) is 15.5. The lowest BCUT2D eigenvalue weighted by molar-refractivity contribution is -0.137. The smallest absolute Gasteiger partial charge is 0.249 e. The lowest BCUT2D eigenvalue weighted by atomic mass is 10.1. The van der Waals surface area contributed by atoms with E-state index in [-0.39, 0.29) is 30.2 Å². The third kappa shape index (κ3) is 3.79. The number of carbonyl (C=O) groups excluding carboxylic acids is 2. The molecule has 2 amide bonds. The van der Waals surface area contributed by atoms with Crippen LogP contribution in [0.4, 0.5) is 5.69 Å². The molecule has 0 unspecified atom stereocenters. The van der Waals surface area contributed by atoms with Crippen molar-refractivity contribution in [3.05, 3.63) is 65.5 Å². The third-order valence-corrected chi connectivity index (χ3v) is 6.36. The number of hydrogen-bond donors (Lipinski definition) is 0. The normalized spacial score (nSPS) is 20.9. The second-order valence-corrected chi connectivity index (χ2v) is 8.76. The van der Waals surface area contributed by atoms with E-state index in [1.54, 1.807) is 4.90 Å². The molecular formula is C25H26N4O3. The minimum Gasteiger partial charge on any atom is -0.337 e. The van der Waals surface area contributed by atoms with E-state index in [0.29, 0.717) is 24.8 Å². The average Bonchev–Trinajstić information content (AvgIpc) is 3.53. The van der Waals surface area contributed by atoms with Crippen molar-refractivity contribution in [1.82, 2.24) is 15.0 Å². The van der Waals surface area contributed by atoms with Crippen LogP contribution in [0.3, 0.4) is 0 Å². The summed E-state index contributed by atoms with van der Waals surface area (Å²) in [5, 5.41) is 4.15. The van der Waals surface area contributed by atoms with Gasteiger partial charge in [-0.05, 0) is 44.9 Å². The zero-order valence-electron chi connectivity index (χ0n) is 18.3. The van der Waals surface area contributed by atoms with Crippen molar-refractivity contribution in [3.63, 3.8) is 0 Å². The molecule has 0 spiro atoms. The van der Waals surface area contributed by atoms with Gasteiger partial charge in [-0.1, -0.05) is 46.6 Å². The lowest BCUT2D eigenvalue weighted by Crippen LogP contribution is -2.37. The Morgan fingerprint density at radius 3 is 2.69 bits per heavy atom. The molecule has 2 fully saturated rings. The van der Waals surface area contributed by atoms with Crippen molar-refractivity contribution < 1.29 is 14.1 Å². The van der Waals surface area contributed by atoms with Crippen molar-refractivity contribution in [2.75, 3.05) is 18.0 Å². The van der Waals surface area contributed by atoms with Gasteiger partial charge in [-0.3, -0.25) is 9.59 Å². The quantitative estimate of drug-likeness (QED) is 0.623. The number of aryl methyl sites for hydroxylation is 2. The van der Waals surface area contributed by atoms with Crippen LogP contribution < -0.4 is 4.90 Å². The number of likely N-dealkylation sites (tertiary alicyclic amines) is 1. The van der Waals surface area contributed by atoms with Gasteiger partial charge in [0.15, 0.2) is 0 Å². The highest BCUT2D eigenvalue weighted by atomic mass is 16.5. The first-order chi connectivity index (χ1) is 15.5. The third-order valence-electron chi connectivity index (χ3n) is 6.36. The van der Waals surface area contributed by atoms with Crippen molar-refractivity contribution in [2.45, 2.75) is 39.2 Å². The van der Waals surface area contributed by atoms with E-state index >= 15 is 0 Å². The molecule has 1 aromatic heterocycles. The van der Waals surface area contributed by atoms with Crippen molar-refractivity contribution >= 4 is 17.5 Å². The number of aromatic nitrogens is 2. The van der Waals surface area contributed by atoms with E-state index in [2.05, 4.69) is 10.1 Å². The molecule has 164 valence electrons. The molecule has 2 aliphatic rings. The summed E-state index contributed by atoms with van der Waals surface area (Å²) < 4.78 is 5.58. The zero-order valence-corrected chi connectivity index (χ0v) is 18.3. The molecule has 32 heavy (non-hydrogen) atoms. The first-order valence-electron chi connectivity index (χ1n) is 11.1. The lowest BCUT2D eigenvalue weighted by Gasteiger charge is -2.25. The predicted molar refractivity (Wildman–Crippen MR) is 120 cm³/mol. The van der Waals surface area contributed by atoms with Crippen LogP contribution in [0.5, 0.6) is 0 Å². The highest BCUT2D eigenvalue weighted by Gasteiger charge is 2.42. The molecule has 0 N–H and O–H groups in total. The molecule has 2 aliphatic heterocycles. The van der Waals surface area contributed by atoms with Crippen molar-refractivity contribution in [1.29, 1.82) is 0 Å². The highest BCUT2D eigenvalue weighted by Crippen LogP contribution is 2.35. The average molecular weight is 431 g/mol. The Morgan fingerprint density at radius 1 is 1.09 bits per heavy atom. The Balaban J connectivity index is 1.32. The Kier molecular flexibility index (Phi) is 5.25. The maximum absolute atomic E-state index is 13.4. The van der Waals surface area contributed by atoms with E-state index in [0.717, 1.165) is 35.2 Å². The van der Waals surface area contributed by atoms with E-state index < -0.39 is 0 Å². The van der Waals surface area contributed by atoms with Gasteiger partial charge < -0.3 is 14.3 Å². The molecule has 0 bridgehead atoms. The molecular weight excluding hydrogens is 404 g/mol. The Morgan fingerprint density at radius 2 is 1.91 bits per heavy atom. The summed E-state index contributed by atoms with van der Waals surface area (Å²) in [5.41, 5.74) is 3.99. The molecule has 3 heterocycles. The van der Waals surface area contributed by atoms with Gasteiger partial charge in [0.25, 0.3) is 0 Å². The van der Waals surface area contributed by atoms with Gasteiger partial charge in [0.05, 0.1) is 5.92 Å². The van der Waals surface area contributed by atoms with Crippen LogP contribution in [0.2, 0.25) is 0 Å². The van der Waals surface area contributed by atoms with Gasteiger partial charge >= 0.3 is 0 Å². The van der Waals surface area contributed by atoms with Gasteiger partial charge in [0.1, 0.15) is 6.04 Å². The zero-order chi connectivity index (χ0) is 22.2. The second kappa shape index (κ2) is 8.22. The van der Waals surface area contributed by atoms with Crippen LogP contribution in [-0.2, 0) is 9.59 Å². The molecule has 2 atom stereocenters. The van der Waals surface area contributed by atoms with E-state index in [1.807, 2.05) is 67.3 Å². The number of amides is 2. The Hall–Kier alpha value is -3.48. The van der Waals surface area contributed by atoms with Crippen LogP contribution in [0.1, 0.15) is 42.3 Å². The number of hydrogen-bond acceptors (Lipinski definition) is 5. The summed E-state index contributed by atoms with van der Waals surface area (Å²) in [4.78, 5) is 34.2. The molecule has 0 radical (unpaired) electrons. The largest absolute Gasteiger partial charge is 0.337 e. The second-order valence-electron chi connectivity index (χ2n) is 8.76. The SMILES string of the molecule is Cc1ccc(N2C[C@@H](C(=O)N3CCC[C@@H]3c3nc(-c4cccc(C)c4)no3)CC2=O)cc1. The molecule has 3 aromatic rings. The fourth-order valence-electron chi connectivity index (χ4n) is 4.64. The Bertz CT molecular complexity index is 1150. The summed E-state index contributed by atoms with van der Waals surface area (Å²) in [6.45, 7) is 5.07. The summed E-state index contributed by atoms with van der Waals surface area (Å²) >= 11 is 0. The molecule has 5 rings (SSSR count). The van der Waals surface area contributed by atoms with E-state index in [9.17, 15) is 9.59 Å². The first kappa shape index (κ1) is 20.4. The minimum absolute atomic E-state index is 0.00855. The van der Waals surface area contributed by atoms with Crippen LogP contribution >= 0.6 is 0 Å². The fourth-order valence-corrected chi connectivity index (χ4v) is 4.64. The molecule has 2 aromatic carbocycles. The number of carbonyl (C=O) groups is 2. The van der Waals surface area contributed by atoms with Gasteiger partial charge in [-0.15, -0.1) is 0 Å². The topological polar surface area (TPSA) is 79.5 Å². The van der Waals surface area contributed by atoms with Crippen LogP contribution in [0.25, 0.3) is 11.4 Å². The molecule has 0 aliphatic carbocycles. The van der Waals surface area contributed by atoms with Crippen LogP contribution in [0.15, 0.2) is 53.1 Å². The van der Waals surface area contributed by atoms with Crippen molar-refractivity contribution in [3.8, 4) is 11.4 Å². The first-order valence-corrected chi connectivity index (χ1v) is 11.1. The van der Waals surface area contributed by atoms with Crippen LogP contribution in [-0.4, -0.2) is 39.9 Å². The molecule has 2 saturated heterocycles. The van der Waals surface area contributed by atoms with Gasteiger partial charge in [-0.25, -0.2) is 0 Å².